The average molecular weight is 415 g/mol. The van der Waals surface area contributed by atoms with E-state index in [1.54, 1.807) is 0 Å². The molecule has 0 saturated heterocycles. The number of hydrogen-bond donors (Lipinski definition) is 6. The van der Waals surface area contributed by atoms with Gasteiger partial charge >= 0.3 is 5.97 Å². The summed E-state index contributed by atoms with van der Waals surface area (Å²) in [5.41, 5.74) is 10.3. The second-order valence-electron chi connectivity index (χ2n) is 7.71. The fourth-order valence-electron chi connectivity index (χ4n) is 2.60. The second-order valence-corrected chi connectivity index (χ2v) is 7.71. The van der Waals surface area contributed by atoms with Crippen LogP contribution in [-0.4, -0.2) is 59.4 Å². The normalized spacial score (nSPS) is 14.0. The van der Waals surface area contributed by atoms with E-state index < -0.39 is 60.7 Å². The molecule has 0 fully saturated rings. The van der Waals surface area contributed by atoms with Crippen molar-refractivity contribution in [3.8, 4) is 0 Å². The van der Waals surface area contributed by atoms with Crippen LogP contribution in [0, 0.1) is 11.8 Å². The van der Waals surface area contributed by atoms with E-state index in [1.165, 1.54) is 0 Å². The number of hydrogen-bond acceptors (Lipinski definition) is 6. The largest absolute Gasteiger partial charge is 0.480 e. The number of carbonyl (C=O) groups is 5. The summed E-state index contributed by atoms with van der Waals surface area (Å²) in [7, 11) is 0. The fourth-order valence-corrected chi connectivity index (χ4v) is 2.60. The molecule has 0 aliphatic heterocycles. The number of aliphatic carboxylic acids is 1. The van der Waals surface area contributed by atoms with Crippen LogP contribution in [-0.2, 0) is 24.0 Å². The molecule has 3 unspecified atom stereocenters. The molecule has 0 aliphatic carbocycles. The highest BCUT2D eigenvalue weighted by atomic mass is 16.4. The predicted molar refractivity (Wildman–Crippen MR) is 105 cm³/mol. The maximum Gasteiger partial charge on any atom is 0.326 e. The Hall–Kier alpha value is -2.69. The topological polar surface area (TPSA) is 194 Å². The quantitative estimate of drug-likeness (QED) is 0.209. The van der Waals surface area contributed by atoms with E-state index in [2.05, 4.69) is 16.0 Å². The van der Waals surface area contributed by atoms with Crippen LogP contribution in [0.15, 0.2) is 0 Å². The summed E-state index contributed by atoms with van der Waals surface area (Å²) in [5, 5.41) is 16.5. The Morgan fingerprint density at radius 3 is 1.66 bits per heavy atom. The number of rotatable bonds is 13. The lowest BCUT2D eigenvalue weighted by molar-refractivity contribution is -0.143. The maximum absolute atomic E-state index is 12.6. The van der Waals surface area contributed by atoms with Gasteiger partial charge in [-0.3, -0.25) is 19.2 Å². The predicted octanol–water partition coefficient (Wildman–Crippen LogP) is -1.55. The minimum atomic E-state index is -1.29. The lowest BCUT2D eigenvalue weighted by atomic mass is 10.00. The Bertz CT molecular complexity index is 608. The van der Waals surface area contributed by atoms with E-state index >= 15 is 0 Å². The average Bonchev–Trinajstić information content (AvgIpc) is 2.58. The molecule has 0 aromatic rings. The van der Waals surface area contributed by atoms with Crippen LogP contribution >= 0.6 is 0 Å². The van der Waals surface area contributed by atoms with Crippen LogP contribution in [0.2, 0.25) is 0 Å². The highest BCUT2D eigenvalue weighted by Gasteiger charge is 2.30. The molecule has 8 N–H and O–H groups in total. The molecule has 0 bridgehead atoms. The van der Waals surface area contributed by atoms with Crippen LogP contribution in [0.1, 0.15) is 47.0 Å². The molecule has 11 heteroatoms. The number of carboxylic acids is 1. The van der Waals surface area contributed by atoms with Crippen molar-refractivity contribution in [3.05, 3.63) is 0 Å². The molecule has 0 saturated carbocycles. The molecule has 3 atom stereocenters. The van der Waals surface area contributed by atoms with Gasteiger partial charge in [0.1, 0.15) is 18.1 Å². The molecule has 0 aromatic heterocycles. The zero-order valence-corrected chi connectivity index (χ0v) is 17.4. The number of primary amides is 1. The summed E-state index contributed by atoms with van der Waals surface area (Å²) in [4.78, 5) is 59.3. The number of carboxylic acid groups (broad SMARTS) is 1. The standard InChI is InChI=1S/C18H33N5O6/c1-9(2)5-11(16(26)23-13(18(28)29)6-10(3)4)22-17(27)12(7-14(20)24)21-15(25)8-19/h9-13H,5-8,19H2,1-4H3,(H2,20,24)(H,21,25)(H,22,27)(H,23,26)(H,28,29). The molecule has 166 valence electrons. The zero-order valence-electron chi connectivity index (χ0n) is 17.4. The monoisotopic (exact) mass is 415 g/mol. The first-order valence-electron chi connectivity index (χ1n) is 9.48. The van der Waals surface area contributed by atoms with Crippen LogP contribution in [0.25, 0.3) is 0 Å². The van der Waals surface area contributed by atoms with Gasteiger partial charge in [-0.05, 0) is 24.7 Å². The number of amides is 4. The summed E-state index contributed by atoms with van der Waals surface area (Å²) >= 11 is 0. The van der Waals surface area contributed by atoms with Gasteiger partial charge in [-0.1, -0.05) is 27.7 Å². The Morgan fingerprint density at radius 1 is 0.793 bits per heavy atom. The Balaban J connectivity index is 5.38. The molecular formula is C18H33N5O6. The third-order valence-electron chi connectivity index (χ3n) is 3.90. The van der Waals surface area contributed by atoms with Gasteiger partial charge in [-0.15, -0.1) is 0 Å². The third kappa shape index (κ3) is 11.0. The van der Waals surface area contributed by atoms with E-state index in [1.807, 2.05) is 27.7 Å². The summed E-state index contributed by atoms with van der Waals surface area (Å²) in [6.07, 6.45) is -0.0291. The molecule has 0 aliphatic rings. The number of nitrogens with one attached hydrogen (secondary N) is 3. The van der Waals surface area contributed by atoms with Gasteiger partial charge in [0.05, 0.1) is 13.0 Å². The first-order valence-corrected chi connectivity index (χ1v) is 9.48. The molecule has 0 rings (SSSR count). The summed E-state index contributed by atoms with van der Waals surface area (Å²) < 4.78 is 0. The van der Waals surface area contributed by atoms with Gasteiger partial charge in [-0.2, -0.15) is 0 Å². The van der Waals surface area contributed by atoms with Crippen molar-refractivity contribution < 1.29 is 29.1 Å². The first kappa shape index (κ1) is 26.3. The zero-order chi connectivity index (χ0) is 22.7. The van der Waals surface area contributed by atoms with Gasteiger partial charge in [0.25, 0.3) is 0 Å². The van der Waals surface area contributed by atoms with E-state index in [-0.39, 0.29) is 24.7 Å². The summed E-state index contributed by atoms with van der Waals surface area (Å²) in [5.74, 6) is -4.10. The van der Waals surface area contributed by atoms with Crippen molar-refractivity contribution in [2.45, 2.75) is 65.1 Å². The molecule has 0 radical (unpaired) electrons. The van der Waals surface area contributed by atoms with E-state index in [0.717, 1.165) is 0 Å². The Kier molecular flexibility index (Phi) is 11.5. The van der Waals surface area contributed by atoms with Crippen LogP contribution < -0.4 is 27.4 Å². The molecule has 0 spiro atoms. The summed E-state index contributed by atoms with van der Waals surface area (Å²) in [6, 6.07) is -3.45. The van der Waals surface area contributed by atoms with Crippen molar-refractivity contribution in [1.29, 1.82) is 0 Å². The number of carbonyl (C=O) groups excluding carboxylic acids is 4. The lowest BCUT2D eigenvalue weighted by Crippen LogP contribution is -2.57. The van der Waals surface area contributed by atoms with Crippen LogP contribution in [0.5, 0.6) is 0 Å². The molecule has 29 heavy (non-hydrogen) atoms. The third-order valence-corrected chi connectivity index (χ3v) is 3.90. The molecule has 0 heterocycles. The summed E-state index contributed by atoms with van der Waals surface area (Å²) in [6.45, 7) is 6.90. The van der Waals surface area contributed by atoms with E-state index in [4.69, 9.17) is 11.5 Å². The van der Waals surface area contributed by atoms with E-state index in [0.29, 0.717) is 0 Å². The number of nitrogens with two attached hydrogens (primary N) is 2. The lowest BCUT2D eigenvalue weighted by Gasteiger charge is -2.25. The van der Waals surface area contributed by atoms with Gasteiger partial charge in [0.2, 0.25) is 23.6 Å². The Labute approximate surface area is 170 Å². The van der Waals surface area contributed by atoms with E-state index in [9.17, 15) is 29.1 Å². The molecule has 0 aromatic carbocycles. The van der Waals surface area contributed by atoms with Gasteiger partial charge in [0.15, 0.2) is 0 Å². The fraction of sp³-hybridized carbons (Fsp3) is 0.722. The first-order chi connectivity index (χ1) is 13.4. The van der Waals surface area contributed by atoms with Crippen molar-refractivity contribution in [1.82, 2.24) is 16.0 Å². The highest BCUT2D eigenvalue weighted by molar-refractivity contribution is 5.95. The smallest absolute Gasteiger partial charge is 0.326 e. The van der Waals surface area contributed by atoms with Crippen molar-refractivity contribution in [2.75, 3.05) is 6.54 Å². The maximum atomic E-state index is 12.6. The SMILES string of the molecule is CC(C)CC(NC(=O)C(CC(C)C)NC(=O)C(CC(N)=O)NC(=O)CN)C(=O)O. The van der Waals surface area contributed by atoms with Gasteiger partial charge < -0.3 is 32.5 Å². The van der Waals surface area contributed by atoms with Crippen molar-refractivity contribution in [2.24, 2.45) is 23.3 Å². The minimum Gasteiger partial charge on any atom is -0.480 e. The van der Waals surface area contributed by atoms with Crippen molar-refractivity contribution >= 4 is 29.6 Å². The van der Waals surface area contributed by atoms with Gasteiger partial charge in [0, 0.05) is 0 Å². The molecular weight excluding hydrogens is 382 g/mol. The minimum absolute atomic E-state index is 0.00681. The van der Waals surface area contributed by atoms with Crippen LogP contribution in [0.3, 0.4) is 0 Å². The Morgan fingerprint density at radius 2 is 1.24 bits per heavy atom. The molecule has 11 nitrogen and oxygen atoms in total. The van der Waals surface area contributed by atoms with Crippen LogP contribution in [0.4, 0.5) is 0 Å². The second kappa shape index (κ2) is 12.7. The molecule has 4 amide bonds. The van der Waals surface area contributed by atoms with Gasteiger partial charge in [-0.25, -0.2) is 4.79 Å². The highest BCUT2D eigenvalue weighted by Crippen LogP contribution is 2.09. The van der Waals surface area contributed by atoms with Crippen molar-refractivity contribution in [3.63, 3.8) is 0 Å².